The van der Waals surface area contributed by atoms with E-state index in [-0.39, 0.29) is 0 Å². The molecule has 5 nitrogen and oxygen atoms in total. The predicted molar refractivity (Wildman–Crippen MR) is 81.1 cm³/mol. The third-order valence-corrected chi connectivity index (χ3v) is 3.34. The van der Waals surface area contributed by atoms with Gasteiger partial charge >= 0.3 is 0 Å². The monoisotopic (exact) mass is 273 g/mol. The largest absolute Gasteiger partial charge is 0.358 e. The van der Waals surface area contributed by atoms with Gasteiger partial charge in [0.2, 0.25) is 0 Å². The summed E-state index contributed by atoms with van der Waals surface area (Å²) in [5.74, 6) is 1.88. The molecule has 0 radical (unpaired) electrons. The van der Waals surface area contributed by atoms with Crippen molar-refractivity contribution >= 4 is 5.82 Å². The number of likely N-dealkylation sites (N-methyl/N-ethyl adjacent to an activating group) is 1. The molecule has 2 heterocycles. The Kier molecular flexibility index (Phi) is 4.37. The molecule has 2 aromatic heterocycles. The average Bonchev–Trinajstić information content (AvgIpc) is 2.73. The summed E-state index contributed by atoms with van der Waals surface area (Å²) in [5, 5.41) is 4.48. The third-order valence-electron chi connectivity index (χ3n) is 3.34. The van der Waals surface area contributed by atoms with E-state index in [0.29, 0.717) is 0 Å². The fourth-order valence-corrected chi connectivity index (χ4v) is 2.23. The molecule has 0 N–H and O–H groups in total. The normalized spacial score (nSPS) is 10.8. The van der Waals surface area contributed by atoms with Crippen LogP contribution in [0.1, 0.15) is 29.8 Å². The standard InChI is InChI=1S/C15H23N5/c1-6-14-16-11(2)10-15(17-14)19(5)7-8-20-13(4)9-12(3)18-20/h9-10H,6-8H2,1-5H3. The fraction of sp³-hybridized carbons (Fsp3) is 0.533. The molecule has 0 unspecified atom stereocenters. The molecule has 0 aliphatic rings. The highest BCUT2D eigenvalue weighted by Gasteiger charge is 2.07. The number of aryl methyl sites for hydroxylation is 4. The summed E-state index contributed by atoms with van der Waals surface area (Å²) >= 11 is 0. The molecule has 0 atom stereocenters. The van der Waals surface area contributed by atoms with E-state index in [0.717, 1.165) is 42.5 Å². The van der Waals surface area contributed by atoms with Gasteiger partial charge in [-0.15, -0.1) is 0 Å². The Hall–Kier alpha value is -1.91. The lowest BCUT2D eigenvalue weighted by Gasteiger charge is -2.19. The number of hydrogen-bond donors (Lipinski definition) is 0. The molecule has 108 valence electrons. The second kappa shape index (κ2) is 6.03. The Morgan fingerprint density at radius 2 is 1.85 bits per heavy atom. The lowest BCUT2D eigenvalue weighted by Crippen LogP contribution is -2.25. The first-order valence-electron chi connectivity index (χ1n) is 7.06. The van der Waals surface area contributed by atoms with E-state index in [4.69, 9.17) is 0 Å². The molecular weight excluding hydrogens is 250 g/mol. The van der Waals surface area contributed by atoms with Gasteiger partial charge in [-0.2, -0.15) is 5.10 Å². The van der Waals surface area contributed by atoms with Crippen molar-refractivity contribution in [2.24, 2.45) is 0 Å². The number of anilines is 1. The molecule has 0 aliphatic heterocycles. The molecule has 20 heavy (non-hydrogen) atoms. The third kappa shape index (κ3) is 3.35. The molecule has 0 saturated heterocycles. The fourth-order valence-electron chi connectivity index (χ4n) is 2.23. The SMILES string of the molecule is CCc1nc(C)cc(N(C)CCn2nc(C)cc2C)n1. The van der Waals surface area contributed by atoms with Crippen LogP contribution in [0.3, 0.4) is 0 Å². The van der Waals surface area contributed by atoms with Crippen LogP contribution in [-0.2, 0) is 13.0 Å². The van der Waals surface area contributed by atoms with E-state index in [1.807, 2.05) is 24.6 Å². The molecule has 0 fully saturated rings. The second-order valence-electron chi connectivity index (χ2n) is 5.21. The summed E-state index contributed by atoms with van der Waals surface area (Å²) in [6.07, 6.45) is 0.861. The van der Waals surface area contributed by atoms with Crippen molar-refractivity contribution < 1.29 is 0 Å². The minimum atomic E-state index is 0.861. The number of rotatable bonds is 5. The molecule has 0 aromatic carbocycles. The number of nitrogens with zero attached hydrogens (tertiary/aromatic N) is 5. The average molecular weight is 273 g/mol. The van der Waals surface area contributed by atoms with Crippen molar-refractivity contribution in [1.82, 2.24) is 19.7 Å². The molecule has 0 aliphatic carbocycles. The van der Waals surface area contributed by atoms with E-state index in [9.17, 15) is 0 Å². The van der Waals surface area contributed by atoms with Gasteiger partial charge < -0.3 is 4.90 Å². The Morgan fingerprint density at radius 1 is 1.10 bits per heavy atom. The Balaban J connectivity index is 2.06. The van der Waals surface area contributed by atoms with E-state index >= 15 is 0 Å². The zero-order valence-electron chi connectivity index (χ0n) is 13.0. The topological polar surface area (TPSA) is 46.8 Å². The van der Waals surface area contributed by atoms with E-state index in [2.05, 4.69) is 46.9 Å². The van der Waals surface area contributed by atoms with Crippen molar-refractivity contribution in [2.75, 3.05) is 18.5 Å². The lowest BCUT2D eigenvalue weighted by atomic mass is 10.3. The van der Waals surface area contributed by atoms with Gasteiger partial charge in [0.15, 0.2) is 0 Å². The molecule has 0 saturated carbocycles. The van der Waals surface area contributed by atoms with Gasteiger partial charge in [-0.05, 0) is 26.8 Å². The maximum absolute atomic E-state index is 4.58. The van der Waals surface area contributed by atoms with Crippen LogP contribution in [0, 0.1) is 20.8 Å². The lowest BCUT2D eigenvalue weighted by molar-refractivity contribution is 0.590. The molecule has 0 amide bonds. The summed E-state index contributed by atoms with van der Waals surface area (Å²) in [5.41, 5.74) is 3.28. The van der Waals surface area contributed by atoms with Crippen molar-refractivity contribution in [3.05, 3.63) is 35.0 Å². The first kappa shape index (κ1) is 14.5. The highest BCUT2D eigenvalue weighted by atomic mass is 15.3. The Bertz CT molecular complexity index is 588. The van der Waals surface area contributed by atoms with Gasteiger partial charge in [0.05, 0.1) is 12.2 Å². The first-order valence-corrected chi connectivity index (χ1v) is 7.06. The van der Waals surface area contributed by atoms with Crippen LogP contribution in [0.4, 0.5) is 5.82 Å². The van der Waals surface area contributed by atoms with Crippen LogP contribution in [0.15, 0.2) is 12.1 Å². The van der Waals surface area contributed by atoms with Gasteiger partial charge in [0.25, 0.3) is 0 Å². The van der Waals surface area contributed by atoms with Crippen LogP contribution in [0.2, 0.25) is 0 Å². The molecule has 0 spiro atoms. The van der Waals surface area contributed by atoms with Crippen LogP contribution in [0.25, 0.3) is 0 Å². The molecule has 2 aromatic rings. The van der Waals surface area contributed by atoms with Crippen molar-refractivity contribution in [3.8, 4) is 0 Å². The van der Waals surface area contributed by atoms with Crippen molar-refractivity contribution in [3.63, 3.8) is 0 Å². The molecule has 0 bridgehead atoms. The van der Waals surface area contributed by atoms with Crippen molar-refractivity contribution in [2.45, 2.75) is 40.7 Å². The number of aromatic nitrogens is 4. The highest BCUT2D eigenvalue weighted by Crippen LogP contribution is 2.11. The van der Waals surface area contributed by atoms with E-state index in [1.54, 1.807) is 0 Å². The van der Waals surface area contributed by atoms with Gasteiger partial charge in [-0.1, -0.05) is 6.92 Å². The predicted octanol–water partition coefficient (Wildman–Crippen LogP) is 2.30. The van der Waals surface area contributed by atoms with Crippen LogP contribution < -0.4 is 4.90 Å². The maximum Gasteiger partial charge on any atom is 0.132 e. The molecule has 5 heteroatoms. The zero-order valence-corrected chi connectivity index (χ0v) is 13.0. The van der Waals surface area contributed by atoms with Crippen molar-refractivity contribution in [1.29, 1.82) is 0 Å². The van der Waals surface area contributed by atoms with Gasteiger partial charge in [0, 0.05) is 37.5 Å². The van der Waals surface area contributed by atoms with Gasteiger partial charge in [-0.25, -0.2) is 9.97 Å². The Labute approximate surface area is 120 Å². The number of hydrogen-bond acceptors (Lipinski definition) is 4. The maximum atomic E-state index is 4.58. The summed E-state index contributed by atoms with van der Waals surface area (Å²) in [4.78, 5) is 11.1. The summed E-state index contributed by atoms with van der Waals surface area (Å²) in [6.45, 7) is 9.94. The van der Waals surface area contributed by atoms with Gasteiger partial charge in [0.1, 0.15) is 11.6 Å². The zero-order chi connectivity index (χ0) is 14.7. The minimum absolute atomic E-state index is 0.861. The van der Waals surface area contributed by atoms with Crippen LogP contribution in [-0.4, -0.2) is 33.3 Å². The summed E-state index contributed by atoms with van der Waals surface area (Å²) in [6, 6.07) is 4.13. The smallest absolute Gasteiger partial charge is 0.132 e. The summed E-state index contributed by atoms with van der Waals surface area (Å²) in [7, 11) is 2.06. The van der Waals surface area contributed by atoms with Gasteiger partial charge in [-0.3, -0.25) is 4.68 Å². The highest BCUT2D eigenvalue weighted by molar-refractivity contribution is 5.38. The molecule has 2 rings (SSSR count). The minimum Gasteiger partial charge on any atom is -0.358 e. The van der Waals surface area contributed by atoms with Crippen LogP contribution >= 0.6 is 0 Å². The Morgan fingerprint density at radius 3 is 2.45 bits per heavy atom. The first-order chi connectivity index (χ1) is 9.49. The van der Waals surface area contributed by atoms with E-state index in [1.165, 1.54) is 5.69 Å². The van der Waals surface area contributed by atoms with E-state index < -0.39 is 0 Å². The quantitative estimate of drug-likeness (QED) is 0.838. The second-order valence-corrected chi connectivity index (χ2v) is 5.21. The molecular formula is C15H23N5. The van der Waals surface area contributed by atoms with Crippen LogP contribution in [0.5, 0.6) is 0 Å². The summed E-state index contributed by atoms with van der Waals surface area (Å²) < 4.78 is 2.04.